The van der Waals surface area contributed by atoms with Crippen LogP contribution in [0.25, 0.3) is 0 Å². The highest BCUT2D eigenvalue weighted by molar-refractivity contribution is 4.87. The monoisotopic (exact) mass is 186 g/mol. The number of methoxy groups -OCH3 is 1. The van der Waals surface area contributed by atoms with Gasteiger partial charge in [0.15, 0.2) is 0 Å². The summed E-state index contributed by atoms with van der Waals surface area (Å²) in [6, 6.07) is 1.26. The van der Waals surface area contributed by atoms with Crippen LogP contribution in [0.5, 0.6) is 0 Å². The quantitative estimate of drug-likeness (QED) is 0.684. The molecule has 3 nitrogen and oxygen atoms in total. The Labute approximate surface area is 81.4 Å². The lowest BCUT2D eigenvalue weighted by Gasteiger charge is -2.37. The summed E-state index contributed by atoms with van der Waals surface area (Å²) < 4.78 is 5.23. The van der Waals surface area contributed by atoms with E-state index in [1.807, 2.05) is 0 Å². The Morgan fingerprint density at radius 1 is 1.46 bits per heavy atom. The minimum Gasteiger partial charge on any atom is -0.381 e. The van der Waals surface area contributed by atoms with E-state index in [1.54, 1.807) is 7.11 Å². The molecule has 0 aromatic rings. The highest BCUT2D eigenvalue weighted by atomic mass is 16.5. The lowest BCUT2D eigenvalue weighted by molar-refractivity contribution is 0.0140. The van der Waals surface area contributed by atoms with Gasteiger partial charge in [0, 0.05) is 25.7 Å². The normalized spacial score (nSPS) is 30.2. The van der Waals surface area contributed by atoms with Crippen molar-refractivity contribution in [2.75, 3.05) is 27.7 Å². The van der Waals surface area contributed by atoms with Gasteiger partial charge in [0.2, 0.25) is 0 Å². The van der Waals surface area contributed by atoms with Crippen LogP contribution in [0, 0.1) is 0 Å². The number of hydrogen-bond donors (Lipinski definition) is 1. The SMILES string of the molecule is COC1CC(NC(C)CN(C)C)C1. The van der Waals surface area contributed by atoms with E-state index in [4.69, 9.17) is 4.74 Å². The van der Waals surface area contributed by atoms with E-state index in [9.17, 15) is 0 Å². The first-order valence-corrected chi connectivity index (χ1v) is 5.05. The van der Waals surface area contributed by atoms with Gasteiger partial charge in [-0.1, -0.05) is 0 Å². The molecule has 0 amide bonds. The van der Waals surface area contributed by atoms with Gasteiger partial charge in [-0.25, -0.2) is 0 Å². The molecular formula is C10H22N2O. The van der Waals surface area contributed by atoms with Crippen molar-refractivity contribution in [2.45, 2.75) is 38.0 Å². The summed E-state index contributed by atoms with van der Waals surface area (Å²) in [5.74, 6) is 0. The molecule has 3 heteroatoms. The molecule has 0 saturated heterocycles. The topological polar surface area (TPSA) is 24.5 Å². The minimum absolute atomic E-state index is 0.504. The van der Waals surface area contributed by atoms with Gasteiger partial charge in [0.05, 0.1) is 6.10 Å². The van der Waals surface area contributed by atoms with Crippen molar-refractivity contribution in [1.29, 1.82) is 0 Å². The average Bonchev–Trinajstić information content (AvgIpc) is 1.94. The maximum absolute atomic E-state index is 5.23. The molecular weight excluding hydrogens is 164 g/mol. The molecule has 1 atom stereocenters. The minimum atomic E-state index is 0.504. The number of nitrogens with one attached hydrogen (secondary N) is 1. The van der Waals surface area contributed by atoms with Crippen molar-refractivity contribution < 1.29 is 4.74 Å². The van der Waals surface area contributed by atoms with E-state index in [1.165, 1.54) is 12.8 Å². The van der Waals surface area contributed by atoms with Crippen LogP contribution in [-0.4, -0.2) is 50.8 Å². The lowest BCUT2D eigenvalue weighted by atomic mass is 9.89. The smallest absolute Gasteiger partial charge is 0.0601 e. The molecule has 13 heavy (non-hydrogen) atoms. The largest absolute Gasteiger partial charge is 0.381 e. The second-order valence-corrected chi connectivity index (χ2v) is 4.36. The van der Waals surface area contributed by atoms with Crippen molar-refractivity contribution in [3.63, 3.8) is 0 Å². The third-order valence-corrected chi connectivity index (χ3v) is 2.59. The van der Waals surface area contributed by atoms with E-state index in [2.05, 4.69) is 31.2 Å². The van der Waals surface area contributed by atoms with E-state index in [0.29, 0.717) is 18.2 Å². The molecule has 1 N–H and O–H groups in total. The van der Waals surface area contributed by atoms with Gasteiger partial charge in [0.1, 0.15) is 0 Å². The summed E-state index contributed by atoms with van der Waals surface area (Å²) in [6.07, 6.45) is 2.85. The zero-order chi connectivity index (χ0) is 9.84. The average molecular weight is 186 g/mol. The molecule has 0 aromatic heterocycles. The van der Waals surface area contributed by atoms with Gasteiger partial charge >= 0.3 is 0 Å². The lowest BCUT2D eigenvalue weighted by Crippen LogP contribution is -2.50. The second-order valence-electron chi connectivity index (χ2n) is 4.36. The molecule has 1 rings (SSSR count). The molecule has 1 fully saturated rings. The highest BCUT2D eigenvalue weighted by Gasteiger charge is 2.29. The number of hydrogen-bond acceptors (Lipinski definition) is 3. The molecule has 0 aliphatic heterocycles. The van der Waals surface area contributed by atoms with Gasteiger partial charge in [0.25, 0.3) is 0 Å². The molecule has 78 valence electrons. The molecule has 0 spiro atoms. The molecule has 0 heterocycles. The summed E-state index contributed by atoms with van der Waals surface area (Å²) in [7, 11) is 6.01. The van der Waals surface area contributed by atoms with Gasteiger partial charge in [-0.3, -0.25) is 0 Å². The number of ether oxygens (including phenoxy) is 1. The van der Waals surface area contributed by atoms with Gasteiger partial charge < -0.3 is 15.0 Å². The van der Waals surface area contributed by atoms with Crippen LogP contribution in [0.4, 0.5) is 0 Å². The zero-order valence-electron chi connectivity index (χ0n) is 9.21. The maximum atomic E-state index is 5.23. The van der Waals surface area contributed by atoms with E-state index >= 15 is 0 Å². The number of rotatable bonds is 5. The highest BCUT2D eigenvalue weighted by Crippen LogP contribution is 2.22. The Kier molecular flexibility index (Phi) is 4.16. The van der Waals surface area contributed by atoms with E-state index < -0.39 is 0 Å². The third-order valence-electron chi connectivity index (χ3n) is 2.59. The van der Waals surface area contributed by atoms with Gasteiger partial charge in [-0.05, 0) is 33.9 Å². The Hall–Kier alpha value is -0.120. The standard InChI is InChI=1S/C10H22N2O/c1-8(7-12(2)3)11-9-5-10(6-9)13-4/h8-11H,5-7H2,1-4H3. The Morgan fingerprint density at radius 2 is 2.08 bits per heavy atom. The Morgan fingerprint density at radius 3 is 2.54 bits per heavy atom. The fraction of sp³-hybridized carbons (Fsp3) is 1.00. The van der Waals surface area contributed by atoms with Crippen LogP contribution >= 0.6 is 0 Å². The van der Waals surface area contributed by atoms with Crippen LogP contribution in [-0.2, 0) is 4.74 Å². The molecule has 1 aliphatic carbocycles. The summed E-state index contributed by atoms with van der Waals surface area (Å²) >= 11 is 0. The van der Waals surface area contributed by atoms with Crippen molar-refractivity contribution in [1.82, 2.24) is 10.2 Å². The Bertz CT molecular complexity index is 144. The number of likely N-dealkylation sites (N-methyl/N-ethyl adjacent to an activating group) is 1. The summed E-state index contributed by atoms with van der Waals surface area (Å²) in [5.41, 5.74) is 0. The molecule has 0 bridgehead atoms. The predicted octanol–water partition coefficient (Wildman–Crippen LogP) is 0.703. The van der Waals surface area contributed by atoms with Crippen molar-refractivity contribution >= 4 is 0 Å². The fourth-order valence-electron chi connectivity index (χ4n) is 1.90. The fourth-order valence-corrected chi connectivity index (χ4v) is 1.90. The molecule has 1 aliphatic rings. The molecule has 0 aromatic carbocycles. The summed E-state index contributed by atoms with van der Waals surface area (Å²) in [6.45, 7) is 3.34. The number of nitrogens with zero attached hydrogens (tertiary/aromatic N) is 1. The molecule has 1 saturated carbocycles. The maximum Gasteiger partial charge on any atom is 0.0601 e. The van der Waals surface area contributed by atoms with Crippen LogP contribution in [0.2, 0.25) is 0 Å². The Balaban J connectivity index is 2.06. The zero-order valence-corrected chi connectivity index (χ0v) is 9.21. The van der Waals surface area contributed by atoms with E-state index in [0.717, 1.165) is 6.54 Å². The summed E-state index contributed by atoms with van der Waals surface area (Å²) in [4.78, 5) is 2.21. The summed E-state index contributed by atoms with van der Waals surface area (Å²) in [5, 5.41) is 3.59. The van der Waals surface area contributed by atoms with Crippen molar-refractivity contribution in [2.24, 2.45) is 0 Å². The molecule has 1 unspecified atom stereocenters. The van der Waals surface area contributed by atoms with Crippen molar-refractivity contribution in [3.8, 4) is 0 Å². The van der Waals surface area contributed by atoms with Crippen LogP contribution < -0.4 is 5.32 Å². The van der Waals surface area contributed by atoms with Gasteiger partial charge in [-0.2, -0.15) is 0 Å². The first-order chi connectivity index (χ1) is 6.11. The molecule has 0 radical (unpaired) electrons. The first kappa shape index (κ1) is 11.0. The second kappa shape index (κ2) is 4.94. The predicted molar refractivity (Wildman–Crippen MR) is 55.0 cm³/mol. The van der Waals surface area contributed by atoms with Crippen LogP contribution in [0.1, 0.15) is 19.8 Å². The first-order valence-electron chi connectivity index (χ1n) is 5.05. The van der Waals surface area contributed by atoms with E-state index in [-0.39, 0.29) is 0 Å². The third kappa shape index (κ3) is 3.63. The van der Waals surface area contributed by atoms with Crippen LogP contribution in [0.15, 0.2) is 0 Å². The van der Waals surface area contributed by atoms with Crippen molar-refractivity contribution in [3.05, 3.63) is 0 Å². The van der Waals surface area contributed by atoms with Crippen LogP contribution in [0.3, 0.4) is 0 Å². The van der Waals surface area contributed by atoms with Gasteiger partial charge in [-0.15, -0.1) is 0 Å².